The van der Waals surface area contributed by atoms with E-state index in [0.29, 0.717) is 22.4 Å². The third-order valence-electron chi connectivity index (χ3n) is 2.73. The van der Waals surface area contributed by atoms with Gasteiger partial charge in [-0.2, -0.15) is 0 Å². The van der Waals surface area contributed by atoms with Gasteiger partial charge in [-0.25, -0.2) is 4.79 Å². The van der Waals surface area contributed by atoms with Gasteiger partial charge in [0.15, 0.2) is 0 Å². The molecule has 0 fully saturated rings. The number of carbonyl (C=O) groups is 2. The van der Waals surface area contributed by atoms with Crippen molar-refractivity contribution in [3.8, 4) is 0 Å². The van der Waals surface area contributed by atoms with Crippen LogP contribution in [0.5, 0.6) is 0 Å². The molecule has 102 valence electrons. The van der Waals surface area contributed by atoms with Crippen LogP contribution in [0.4, 0.5) is 5.69 Å². The molecule has 2 aromatic rings. The van der Waals surface area contributed by atoms with Crippen LogP contribution < -0.4 is 11.5 Å². The van der Waals surface area contributed by atoms with Gasteiger partial charge in [-0.3, -0.25) is 4.79 Å². The summed E-state index contributed by atoms with van der Waals surface area (Å²) in [6, 6.07) is 13.1. The largest absolute Gasteiger partial charge is 0.457 e. The van der Waals surface area contributed by atoms with E-state index in [1.54, 1.807) is 48.5 Å². The van der Waals surface area contributed by atoms with Gasteiger partial charge in [-0.15, -0.1) is 0 Å². The number of nitrogens with two attached hydrogens (primary N) is 2. The molecule has 0 unspecified atom stereocenters. The van der Waals surface area contributed by atoms with Crippen LogP contribution in [-0.4, -0.2) is 11.9 Å². The molecule has 1 amide bonds. The van der Waals surface area contributed by atoms with Crippen molar-refractivity contribution in [2.45, 2.75) is 6.61 Å². The molecule has 0 spiro atoms. The highest BCUT2D eigenvalue weighted by Crippen LogP contribution is 2.10. The van der Waals surface area contributed by atoms with Crippen molar-refractivity contribution in [2.24, 2.45) is 5.73 Å². The van der Waals surface area contributed by atoms with Gasteiger partial charge in [-0.1, -0.05) is 12.1 Å². The van der Waals surface area contributed by atoms with Crippen molar-refractivity contribution in [1.82, 2.24) is 0 Å². The van der Waals surface area contributed by atoms with Gasteiger partial charge < -0.3 is 16.2 Å². The lowest BCUT2D eigenvalue weighted by Crippen LogP contribution is -2.11. The van der Waals surface area contributed by atoms with Crippen LogP contribution in [0.15, 0.2) is 48.5 Å². The monoisotopic (exact) mass is 270 g/mol. The summed E-state index contributed by atoms with van der Waals surface area (Å²) in [7, 11) is 0. The summed E-state index contributed by atoms with van der Waals surface area (Å²) in [5.41, 5.74) is 12.8. The molecule has 20 heavy (non-hydrogen) atoms. The Kier molecular flexibility index (Phi) is 4.00. The molecule has 0 saturated heterocycles. The van der Waals surface area contributed by atoms with E-state index in [9.17, 15) is 9.59 Å². The minimum atomic E-state index is -0.517. The number of hydrogen-bond acceptors (Lipinski definition) is 4. The van der Waals surface area contributed by atoms with Crippen molar-refractivity contribution in [3.63, 3.8) is 0 Å². The van der Waals surface area contributed by atoms with Gasteiger partial charge in [0.2, 0.25) is 5.91 Å². The molecule has 2 aromatic carbocycles. The van der Waals surface area contributed by atoms with E-state index in [1.165, 1.54) is 0 Å². The van der Waals surface area contributed by atoms with E-state index >= 15 is 0 Å². The third-order valence-corrected chi connectivity index (χ3v) is 2.73. The van der Waals surface area contributed by atoms with E-state index < -0.39 is 11.9 Å². The van der Waals surface area contributed by atoms with E-state index in [-0.39, 0.29) is 6.61 Å². The highest BCUT2D eigenvalue weighted by atomic mass is 16.5. The number of hydrogen-bond donors (Lipinski definition) is 2. The van der Waals surface area contributed by atoms with E-state index in [2.05, 4.69) is 0 Å². The zero-order valence-corrected chi connectivity index (χ0v) is 10.7. The van der Waals surface area contributed by atoms with Gasteiger partial charge in [0, 0.05) is 11.3 Å². The van der Waals surface area contributed by atoms with Crippen molar-refractivity contribution < 1.29 is 14.3 Å². The minimum Gasteiger partial charge on any atom is -0.457 e. The molecular formula is C15H14N2O3. The van der Waals surface area contributed by atoms with Crippen LogP contribution in [0.2, 0.25) is 0 Å². The van der Waals surface area contributed by atoms with Crippen LogP contribution in [0.3, 0.4) is 0 Å². The number of benzene rings is 2. The maximum absolute atomic E-state index is 11.8. The van der Waals surface area contributed by atoms with Crippen molar-refractivity contribution in [2.75, 3.05) is 5.73 Å². The maximum atomic E-state index is 11.8. The lowest BCUT2D eigenvalue weighted by atomic mass is 10.1. The Morgan fingerprint density at radius 2 is 1.70 bits per heavy atom. The molecular weight excluding hydrogens is 256 g/mol. The molecule has 0 radical (unpaired) electrons. The number of nitrogen functional groups attached to an aromatic ring is 1. The zero-order chi connectivity index (χ0) is 14.5. The molecule has 0 saturated carbocycles. The topological polar surface area (TPSA) is 95.4 Å². The number of esters is 1. The SMILES string of the molecule is NC(=O)c1cccc(COC(=O)c2ccc(N)cc2)c1. The Morgan fingerprint density at radius 1 is 1.00 bits per heavy atom. The second-order valence-electron chi connectivity index (χ2n) is 4.26. The summed E-state index contributed by atoms with van der Waals surface area (Å²) in [6.07, 6.45) is 0. The third kappa shape index (κ3) is 3.35. The summed E-state index contributed by atoms with van der Waals surface area (Å²) in [5.74, 6) is -0.966. The Hall–Kier alpha value is -2.82. The van der Waals surface area contributed by atoms with Crippen LogP contribution in [-0.2, 0) is 11.3 Å². The number of amides is 1. The summed E-state index contributed by atoms with van der Waals surface area (Å²) in [4.78, 5) is 22.8. The second kappa shape index (κ2) is 5.88. The Labute approximate surface area is 116 Å². The molecule has 0 aliphatic carbocycles. The molecule has 0 bridgehead atoms. The van der Waals surface area contributed by atoms with Gasteiger partial charge >= 0.3 is 5.97 Å². The number of carbonyl (C=O) groups excluding carboxylic acids is 2. The molecule has 0 aromatic heterocycles. The normalized spacial score (nSPS) is 10.0. The molecule has 0 aliphatic heterocycles. The predicted octanol–water partition coefficient (Wildman–Crippen LogP) is 1.72. The van der Waals surface area contributed by atoms with E-state index in [1.807, 2.05) is 0 Å². The fourth-order valence-corrected chi connectivity index (χ4v) is 1.67. The molecule has 4 N–H and O–H groups in total. The first-order chi connectivity index (χ1) is 9.56. The molecule has 2 rings (SSSR count). The highest BCUT2D eigenvalue weighted by Gasteiger charge is 2.08. The first-order valence-electron chi connectivity index (χ1n) is 5.97. The fourth-order valence-electron chi connectivity index (χ4n) is 1.67. The number of rotatable bonds is 4. The standard InChI is InChI=1S/C15H14N2O3/c16-13-6-4-11(5-7-13)15(19)20-9-10-2-1-3-12(8-10)14(17)18/h1-8H,9,16H2,(H2,17,18). The van der Waals surface area contributed by atoms with Crippen molar-refractivity contribution in [1.29, 1.82) is 0 Å². The van der Waals surface area contributed by atoms with E-state index in [4.69, 9.17) is 16.2 Å². The van der Waals surface area contributed by atoms with Crippen LogP contribution in [0.1, 0.15) is 26.3 Å². The molecule has 0 aliphatic rings. The van der Waals surface area contributed by atoms with Crippen molar-refractivity contribution >= 4 is 17.6 Å². The highest BCUT2D eigenvalue weighted by molar-refractivity contribution is 5.93. The Bertz CT molecular complexity index is 636. The number of ether oxygens (including phenoxy) is 1. The number of primary amides is 1. The molecule has 5 nitrogen and oxygen atoms in total. The Morgan fingerprint density at radius 3 is 2.35 bits per heavy atom. The molecule has 0 atom stereocenters. The number of anilines is 1. The lowest BCUT2D eigenvalue weighted by molar-refractivity contribution is 0.0473. The molecule has 5 heteroatoms. The first kappa shape index (κ1) is 13.6. The average molecular weight is 270 g/mol. The summed E-state index contributed by atoms with van der Waals surface area (Å²) in [6.45, 7) is 0.0737. The van der Waals surface area contributed by atoms with Crippen LogP contribution in [0.25, 0.3) is 0 Å². The quantitative estimate of drug-likeness (QED) is 0.653. The molecule has 0 heterocycles. The Balaban J connectivity index is 2.01. The van der Waals surface area contributed by atoms with Gasteiger partial charge in [0.05, 0.1) is 5.56 Å². The summed E-state index contributed by atoms with van der Waals surface area (Å²) < 4.78 is 5.16. The minimum absolute atomic E-state index is 0.0737. The fraction of sp³-hybridized carbons (Fsp3) is 0.0667. The average Bonchev–Trinajstić information content (AvgIpc) is 2.46. The van der Waals surface area contributed by atoms with Crippen LogP contribution in [0, 0.1) is 0 Å². The van der Waals surface area contributed by atoms with Gasteiger partial charge in [-0.05, 0) is 42.0 Å². The zero-order valence-electron chi connectivity index (χ0n) is 10.7. The summed E-state index contributed by atoms with van der Waals surface area (Å²) >= 11 is 0. The predicted molar refractivity (Wildman–Crippen MR) is 74.9 cm³/mol. The smallest absolute Gasteiger partial charge is 0.338 e. The lowest BCUT2D eigenvalue weighted by Gasteiger charge is -2.06. The second-order valence-corrected chi connectivity index (χ2v) is 4.26. The van der Waals surface area contributed by atoms with Crippen molar-refractivity contribution in [3.05, 3.63) is 65.2 Å². The first-order valence-corrected chi connectivity index (χ1v) is 5.97. The maximum Gasteiger partial charge on any atom is 0.338 e. The van der Waals surface area contributed by atoms with Crippen LogP contribution >= 0.6 is 0 Å². The summed E-state index contributed by atoms with van der Waals surface area (Å²) in [5, 5.41) is 0. The van der Waals surface area contributed by atoms with Gasteiger partial charge in [0.25, 0.3) is 0 Å². The van der Waals surface area contributed by atoms with Gasteiger partial charge in [0.1, 0.15) is 6.61 Å². The van der Waals surface area contributed by atoms with E-state index in [0.717, 1.165) is 0 Å².